The summed E-state index contributed by atoms with van der Waals surface area (Å²) in [5.41, 5.74) is 0.913. The third-order valence-corrected chi connectivity index (χ3v) is 3.62. The highest BCUT2D eigenvalue weighted by Crippen LogP contribution is 2.17. The van der Waals surface area contributed by atoms with Crippen molar-refractivity contribution in [2.75, 3.05) is 19.8 Å². The molecule has 7 heteroatoms. The summed E-state index contributed by atoms with van der Waals surface area (Å²) in [5, 5.41) is 13.3. The molecule has 0 radical (unpaired) electrons. The van der Waals surface area contributed by atoms with Gasteiger partial charge in [0, 0.05) is 23.2 Å². The van der Waals surface area contributed by atoms with Crippen LogP contribution in [0.25, 0.3) is 11.4 Å². The molecule has 1 fully saturated rings. The number of hydrogen-bond acceptors (Lipinski definition) is 5. The van der Waals surface area contributed by atoms with Gasteiger partial charge in [-0.1, -0.05) is 11.6 Å². The minimum Gasteiger partial charge on any atom is -0.379 e. The van der Waals surface area contributed by atoms with E-state index in [1.54, 1.807) is 4.80 Å². The van der Waals surface area contributed by atoms with Gasteiger partial charge < -0.3 is 4.74 Å². The monoisotopic (exact) mass is 293 g/mol. The SMILES string of the molecule is CC1COCCN1Cn1nnc(-c2ccc(Cl)cc2)n1. The van der Waals surface area contributed by atoms with Crippen molar-refractivity contribution in [2.24, 2.45) is 0 Å². The van der Waals surface area contributed by atoms with Crippen LogP contribution in [0, 0.1) is 0 Å². The standard InChI is InChI=1S/C13H16ClN5O/c1-10-8-20-7-6-18(10)9-19-16-13(15-17-19)11-2-4-12(14)5-3-11/h2-5,10H,6-9H2,1H3. The van der Waals surface area contributed by atoms with Gasteiger partial charge >= 0.3 is 0 Å². The van der Waals surface area contributed by atoms with Gasteiger partial charge in [0.1, 0.15) is 6.67 Å². The topological polar surface area (TPSA) is 56.1 Å². The third kappa shape index (κ3) is 2.98. The molecule has 0 N–H and O–H groups in total. The molecule has 2 aromatic rings. The van der Waals surface area contributed by atoms with Crippen LogP contribution in [0.5, 0.6) is 0 Å². The molecule has 0 amide bonds. The van der Waals surface area contributed by atoms with Crippen molar-refractivity contribution in [1.29, 1.82) is 0 Å². The highest BCUT2D eigenvalue weighted by Gasteiger charge is 2.19. The van der Waals surface area contributed by atoms with Gasteiger partial charge in [0.25, 0.3) is 0 Å². The summed E-state index contributed by atoms with van der Waals surface area (Å²) in [6.07, 6.45) is 0. The summed E-state index contributed by atoms with van der Waals surface area (Å²) in [6, 6.07) is 7.79. The first-order valence-electron chi connectivity index (χ1n) is 6.58. The summed E-state index contributed by atoms with van der Waals surface area (Å²) in [6.45, 7) is 5.15. The molecule has 1 aliphatic heterocycles. The van der Waals surface area contributed by atoms with E-state index in [9.17, 15) is 0 Å². The van der Waals surface area contributed by atoms with E-state index in [1.807, 2.05) is 24.3 Å². The molecule has 1 saturated heterocycles. The predicted molar refractivity (Wildman–Crippen MR) is 75.3 cm³/mol. The molecule has 0 spiro atoms. The molecule has 20 heavy (non-hydrogen) atoms. The lowest BCUT2D eigenvalue weighted by atomic mass is 10.2. The van der Waals surface area contributed by atoms with Gasteiger partial charge in [0.05, 0.1) is 13.2 Å². The number of halogens is 1. The van der Waals surface area contributed by atoms with Crippen LogP contribution >= 0.6 is 11.6 Å². The summed E-state index contributed by atoms with van der Waals surface area (Å²) in [5.74, 6) is 0.613. The molecule has 0 saturated carbocycles. The Hall–Kier alpha value is -1.50. The Labute approximate surface area is 122 Å². The lowest BCUT2D eigenvalue weighted by Gasteiger charge is -2.32. The molecule has 1 atom stereocenters. The predicted octanol–water partition coefficient (Wildman–Crippen LogP) is 1.67. The summed E-state index contributed by atoms with van der Waals surface area (Å²) in [7, 11) is 0. The number of hydrogen-bond donors (Lipinski definition) is 0. The van der Waals surface area contributed by atoms with Gasteiger partial charge in [-0.05, 0) is 36.4 Å². The number of nitrogens with zero attached hydrogens (tertiary/aromatic N) is 5. The number of morpholine rings is 1. The molecule has 1 aromatic carbocycles. The molecule has 0 bridgehead atoms. The maximum Gasteiger partial charge on any atom is 0.204 e. The Bertz CT molecular complexity index is 570. The molecule has 3 rings (SSSR count). The fraction of sp³-hybridized carbons (Fsp3) is 0.462. The summed E-state index contributed by atoms with van der Waals surface area (Å²) < 4.78 is 5.42. The lowest BCUT2D eigenvalue weighted by Crippen LogP contribution is -2.44. The maximum atomic E-state index is 5.87. The average Bonchev–Trinajstić information content (AvgIpc) is 2.91. The minimum absolute atomic E-state index is 0.369. The second-order valence-electron chi connectivity index (χ2n) is 4.87. The minimum atomic E-state index is 0.369. The zero-order chi connectivity index (χ0) is 13.9. The number of aromatic nitrogens is 4. The van der Waals surface area contributed by atoms with E-state index in [-0.39, 0.29) is 0 Å². The van der Waals surface area contributed by atoms with E-state index in [0.717, 1.165) is 25.3 Å². The molecule has 2 heterocycles. The van der Waals surface area contributed by atoms with Gasteiger partial charge in [-0.2, -0.15) is 0 Å². The van der Waals surface area contributed by atoms with E-state index in [0.29, 0.717) is 23.6 Å². The van der Waals surface area contributed by atoms with Gasteiger partial charge in [0.15, 0.2) is 0 Å². The van der Waals surface area contributed by atoms with E-state index in [1.165, 1.54) is 0 Å². The van der Waals surface area contributed by atoms with Crippen molar-refractivity contribution >= 4 is 11.6 Å². The lowest BCUT2D eigenvalue weighted by molar-refractivity contribution is -0.0198. The van der Waals surface area contributed by atoms with Crippen LogP contribution in [0.4, 0.5) is 0 Å². The van der Waals surface area contributed by atoms with Crippen LogP contribution < -0.4 is 0 Å². The van der Waals surface area contributed by atoms with Crippen molar-refractivity contribution in [3.8, 4) is 11.4 Å². The van der Waals surface area contributed by atoms with Crippen molar-refractivity contribution in [1.82, 2.24) is 25.1 Å². The van der Waals surface area contributed by atoms with Crippen molar-refractivity contribution in [2.45, 2.75) is 19.6 Å². The van der Waals surface area contributed by atoms with Crippen LogP contribution in [0.2, 0.25) is 5.02 Å². The highest BCUT2D eigenvalue weighted by atomic mass is 35.5. The number of tetrazole rings is 1. The third-order valence-electron chi connectivity index (χ3n) is 3.37. The Balaban J connectivity index is 1.71. The Kier molecular flexibility index (Phi) is 3.95. The average molecular weight is 294 g/mol. The van der Waals surface area contributed by atoms with E-state index in [2.05, 4.69) is 27.2 Å². The number of ether oxygens (including phenoxy) is 1. The number of rotatable bonds is 3. The first-order valence-corrected chi connectivity index (χ1v) is 6.96. The summed E-state index contributed by atoms with van der Waals surface area (Å²) in [4.78, 5) is 3.89. The van der Waals surface area contributed by atoms with Gasteiger partial charge in [-0.25, -0.2) is 0 Å². The molecular formula is C13H16ClN5O. The Morgan fingerprint density at radius 3 is 2.90 bits per heavy atom. The second kappa shape index (κ2) is 5.87. The Morgan fingerprint density at radius 2 is 2.15 bits per heavy atom. The zero-order valence-electron chi connectivity index (χ0n) is 11.2. The van der Waals surface area contributed by atoms with Crippen molar-refractivity contribution in [3.05, 3.63) is 29.3 Å². The molecule has 1 aromatic heterocycles. The highest BCUT2D eigenvalue weighted by molar-refractivity contribution is 6.30. The molecule has 106 valence electrons. The fourth-order valence-electron chi connectivity index (χ4n) is 2.15. The second-order valence-corrected chi connectivity index (χ2v) is 5.31. The molecule has 6 nitrogen and oxygen atoms in total. The van der Waals surface area contributed by atoms with Gasteiger partial charge in [-0.15, -0.1) is 15.0 Å². The maximum absolute atomic E-state index is 5.87. The van der Waals surface area contributed by atoms with E-state index in [4.69, 9.17) is 16.3 Å². The van der Waals surface area contributed by atoms with Crippen LogP contribution in [0.1, 0.15) is 6.92 Å². The van der Waals surface area contributed by atoms with Crippen LogP contribution in [0.3, 0.4) is 0 Å². The van der Waals surface area contributed by atoms with E-state index < -0.39 is 0 Å². The smallest absolute Gasteiger partial charge is 0.204 e. The normalized spacial score (nSPS) is 20.2. The largest absolute Gasteiger partial charge is 0.379 e. The van der Waals surface area contributed by atoms with Crippen molar-refractivity contribution in [3.63, 3.8) is 0 Å². The molecule has 1 aliphatic rings. The first-order chi connectivity index (χ1) is 9.72. The van der Waals surface area contributed by atoms with Crippen LogP contribution in [0.15, 0.2) is 24.3 Å². The van der Waals surface area contributed by atoms with Crippen LogP contribution in [-0.2, 0) is 11.4 Å². The van der Waals surface area contributed by atoms with E-state index >= 15 is 0 Å². The van der Waals surface area contributed by atoms with Crippen molar-refractivity contribution < 1.29 is 4.74 Å². The number of benzene rings is 1. The summed E-state index contributed by atoms with van der Waals surface area (Å²) >= 11 is 5.87. The first kappa shape index (κ1) is 13.5. The van der Waals surface area contributed by atoms with Gasteiger partial charge in [-0.3, -0.25) is 4.90 Å². The fourth-order valence-corrected chi connectivity index (χ4v) is 2.28. The molecule has 1 unspecified atom stereocenters. The Morgan fingerprint density at radius 1 is 1.35 bits per heavy atom. The quantitative estimate of drug-likeness (QED) is 0.862. The molecular weight excluding hydrogens is 278 g/mol. The zero-order valence-corrected chi connectivity index (χ0v) is 12.0. The van der Waals surface area contributed by atoms with Gasteiger partial charge in [0.2, 0.25) is 5.82 Å². The molecule has 0 aliphatic carbocycles. The van der Waals surface area contributed by atoms with Crippen LogP contribution in [-0.4, -0.2) is 50.9 Å².